The smallest absolute Gasteiger partial charge is 0.247 e. The highest BCUT2D eigenvalue weighted by molar-refractivity contribution is 7.71. The summed E-state index contributed by atoms with van der Waals surface area (Å²) in [6.07, 6.45) is 1.42. The van der Waals surface area contributed by atoms with Gasteiger partial charge in [0.25, 0.3) is 0 Å². The standard InChI is InChI=1S/C21H24N6O2S2/c1-13(27-19(24-25-21(27)30)17-7-4-12-31-17)20(29)23-15-5-2-3-6-16(15)26-10-8-14(9-11-26)18(22)28/h2-7,12-14H,8-11H2,1H3,(H2,22,28)(H,23,29)(H,25,30). The Hall–Kier alpha value is -2.98. The van der Waals surface area contributed by atoms with E-state index in [0.717, 1.165) is 16.3 Å². The van der Waals surface area contributed by atoms with E-state index in [0.29, 0.717) is 36.5 Å². The molecule has 1 saturated heterocycles. The predicted octanol–water partition coefficient (Wildman–Crippen LogP) is 3.57. The van der Waals surface area contributed by atoms with Gasteiger partial charge in [-0.15, -0.1) is 11.3 Å². The molecule has 4 rings (SSSR count). The normalized spacial score (nSPS) is 15.6. The molecule has 1 aromatic carbocycles. The summed E-state index contributed by atoms with van der Waals surface area (Å²) in [5, 5.41) is 12.1. The summed E-state index contributed by atoms with van der Waals surface area (Å²) in [5.74, 6) is 0.129. The summed E-state index contributed by atoms with van der Waals surface area (Å²) < 4.78 is 2.13. The van der Waals surface area contributed by atoms with Crippen LogP contribution in [0.2, 0.25) is 0 Å². The lowest BCUT2D eigenvalue weighted by atomic mass is 9.96. The molecule has 0 radical (unpaired) electrons. The highest BCUT2D eigenvalue weighted by Gasteiger charge is 2.26. The maximum absolute atomic E-state index is 13.2. The number of nitrogens with one attached hydrogen (secondary N) is 2. The lowest BCUT2D eigenvalue weighted by Crippen LogP contribution is -2.39. The predicted molar refractivity (Wildman–Crippen MR) is 125 cm³/mol. The third-order valence-corrected chi connectivity index (χ3v) is 6.77. The number of primary amides is 1. The number of aromatic amines is 1. The topological polar surface area (TPSA) is 109 Å². The van der Waals surface area contributed by atoms with Crippen molar-refractivity contribution in [3.8, 4) is 10.7 Å². The number of hydrogen-bond acceptors (Lipinski definition) is 6. The SMILES string of the molecule is CC(C(=O)Nc1ccccc1N1CCC(C(N)=O)CC1)n1c(-c2cccs2)n[nH]c1=S. The van der Waals surface area contributed by atoms with Crippen LogP contribution in [-0.4, -0.2) is 39.7 Å². The molecule has 3 aromatic rings. The number of aromatic nitrogens is 3. The van der Waals surface area contributed by atoms with E-state index in [1.54, 1.807) is 11.5 Å². The van der Waals surface area contributed by atoms with Crippen LogP contribution in [0, 0.1) is 10.7 Å². The lowest BCUT2D eigenvalue weighted by Gasteiger charge is -2.33. The van der Waals surface area contributed by atoms with Crippen LogP contribution in [0.1, 0.15) is 25.8 Å². The number of anilines is 2. The number of carbonyl (C=O) groups excluding carboxylic acids is 2. The molecule has 10 heteroatoms. The largest absolute Gasteiger partial charge is 0.370 e. The first-order valence-corrected chi connectivity index (χ1v) is 11.4. The van der Waals surface area contributed by atoms with Crippen LogP contribution in [0.4, 0.5) is 11.4 Å². The Balaban J connectivity index is 1.54. The van der Waals surface area contributed by atoms with Crippen LogP contribution in [0.15, 0.2) is 41.8 Å². The van der Waals surface area contributed by atoms with Crippen molar-refractivity contribution in [1.29, 1.82) is 0 Å². The molecule has 1 atom stereocenters. The van der Waals surface area contributed by atoms with E-state index >= 15 is 0 Å². The van der Waals surface area contributed by atoms with E-state index in [-0.39, 0.29) is 17.7 Å². The van der Waals surface area contributed by atoms with Crippen LogP contribution in [0.5, 0.6) is 0 Å². The number of rotatable bonds is 6. The van der Waals surface area contributed by atoms with E-state index in [2.05, 4.69) is 20.4 Å². The molecule has 4 N–H and O–H groups in total. The van der Waals surface area contributed by atoms with Gasteiger partial charge in [0.2, 0.25) is 11.8 Å². The molecular weight excluding hydrogens is 432 g/mol. The zero-order valence-electron chi connectivity index (χ0n) is 17.1. The van der Waals surface area contributed by atoms with Gasteiger partial charge in [0.05, 0.1) is 16.3 Å². The number of nitrogens with two attached hydrogens (primary N) is 1. The van der Waals surface area contributed by atoms with Crippen molar-refractivity contribution in [3.63, 3.8) is 0 Å². The summed E-state index contributed by atoms with van der Waals surface area (Å²) in [6.45, 7) is 3.23. The highest BCUT2D eigenvalue weighted by atomic mass is 32.1. The first-order chi connectivity index (χ1) is 15.0. The van der Waals surface area contributed by atoms with Crippen molar-refractivity contribution in [1.82, 2.24) is 14.8 Å². The van der Waals surface area contributed by atoms with Crippen molar-refractivity contribution < 1.29 is 9.59 Å². The summed E-state index contributed by atoms with van der Waals surface area (Å²) in [4.78, 5) is 27.7. The molecule has 2 amide bonds. The molecule has 0 spiro atoms. The Morgan fingerprint density at radius 3 is 2.68 bits per heavy atom. The second-order valence-corrected chi connectivity index (χ2v) is 8.88. The fourth-order valence-electron chi connectivity index (χ4n) is 3.86. The molecule has 1 aliphatic heterocycles. The Bertz CT molecular complexity index is 1130. The summed E-state index contributed by atoms with van der Waals surface area (Å²) in [6, 6.07) is 11.0. The second kappa shape index (κ2) is 9.03. The van der Waals surface area contributed by atoms with Crippen LogP contribution >= 0.6 is 23.6 Å². The Labute approximate surface area is 189 Å². The minimum Gasteiger partial charge on any atom is -0.370 e. The average molecular weight is 457 g/mol. The van der Waals surface area contributed by atoms with Crippen molar-refractivity contribution in [2.45, 2.75) is 25.8 Å². The number of amides is 2. The molecule has 3 heterocycles. The summed E-state index contributed by atoms with van der Waals surface area (Å²) in [5.41, 5.74) is 7.11. The van der Waals surface area contributed by atoms with Gasteiger partial charge < -0.3 is 16.0 Å². The number of H-pyrrole nitrogens is 1. The molecule has 0 aliphatic carbocycles. The van der Waals surface area contributed by atoms with Gasteiger partial charge in [0, 0.05) is 19.0 Å². The fourth-order valence-corrected chi connectivity index (χ4v) is 4.86. The maximum atomic E-state index is 13.2. The van der Waals surface area contributed by atoms with E-state index in [1.807, 2.05) is 41.8 Å². The molecule has 1 fully saturated rings. The van der Waals surface area contributed by atoms with Gasteiger partial charge in [-0.05, 0) is 55.6 Å². The summed E-state index contributed by atoms with van der Waals surface area (Å²) in [7, 11) is 0. The highest BCUT2D eigenvalue weighted by Crippen LogP contribution is 2.31. The molecule has 1 aliphatic rings. The summed E-state index contributed by atoms with van der Waals surface area (Å²) >= 11 is 6.93. The third kappa shape index (κ3) is 4.40. The molecule has 1 unspecified atom stereocenters. The van der Waals surface area contributed by atoms with E-state index < -0.39 is 6.04 Å². The maximum Gasteiger partial charge on any atom is 0.247 e. The number of nitrogens with zero attached hydrogens (tertiary/aromatic N) is 3. The molecule has 31 heavy (non-hydrogen) atoms. The Kier molecular flexibility index (Phi) is 6.19. The van der Waals surface area contributed by atoms with Crippen LogP contribution in [0.25, 0.3) is 10.7 Å². The second-order valence-electron chi connectivity index (χ2n) is 7.55. The van der Waals surface area contributed by atoms with E-state index in [9.17, 15) is 9.59 Å². The molecule has 162 valence electrons. The molecule has 0 saturated carbocycles. The minimum atomic E-state index is -0.558. The van der Waals surface area contributed by atoms with Gasteiger partial charge in [0.1, 0.15) is 6.04 Å². The van der Waals surface area contributed by atoms with Gasteiger partial charge in [-0.2, -0.15) is 5.10 Å². The monoisotopic (exact) mass is 456 g/mol. The zero-order valence-corrected chi connectivity index (χ0v) is 18.7. The van der Waals surface area contributed by atoms with Crippen molar-refractivity contribution in [3.05, 3.63) is 46.5 Å². The fraction of sp³-hybridized carbons (Fsp3) is 0.333. The number of hydrogen-bond donors (Lipinski definition) is 3. The Morgan fingerprint density at radius 1 is 1.26 bits per heavy atom. The Morgan fingerprint density at radius 2 is 2.00 bits per heavy atom. The van der Waals surface area contributed by atoms with Gasteiger partial charge in [-0.3, -0.25) is 19.3 Å². The van der Waals surface area contributed by atoms with Gasteiger partial charge in [-0.25, -0.2) is 0 Å². The van der Waals surface area contributed by atoms with Crippen LogP contribution in [-0.2, 0) is 9.59 Å². The number of para-hydroxylation sites is 2. The third-order valence-electron chi connectivity index (χ3n) is 5.61. The van der Waals surface area contributed by atoms with Gasteiger partial charge in [-0.1, -0.05) is 18.2 Å². The van der Waals surface area contributed by atoms with Crippen molar-refractivity contribution >= 4 is 46.7 Å². The number of benzene rings is 1. The number of piperidine rings is 1. The van der Waals surface area contributed by atoms with Crippen molar-refractivity contribution in [2.75, 3.05) is 23.3 Å². The average Bonchev–Trinajstić information content (AvgIpc) is 3.43. The van der Waals surface area contributed by atoms with E-state index in [4.69, 9.17) is 18.0 Å². The van der Waals surface area contributed by atoms with Gasteiger partial charge >= 0.3 is 0 Å². The quantitative estimate of drug-likeness (QED) is 0.491. The number of carbonyl (C=O) groups is 2. The lowest BCUT2D eigenvalue weighted by molar-refractivity contribution is -0.122. The molecular formula is C21H24N6O2S2. The van der Waals surface area contributed by atoms with Gasteiger partial charge in [0.15, 0.2) is 10.6 Å². The first kappa shape index (κ1) is 21.3. The first-order valence-electron chi connectivity index (χ1n) is 10.1. The molecule has 8 nitrogen and oxygen atoms in total. The van der Waals surface area contributed by atoms with Crippen LogP contribution in [0.3, 0.4) is 0 Å². The van der Waals surface area contributed by atoms with Crippen LogP contribution < -0.4 is 16.0 Å². The molecule has 0 bridgehead atoms. The zero-order chi connectivity index (χ0) is 22.0. The molecule has 2 aromatic heterocycles. The van der Waals surface area contributed by atoms with Crippen molar-refractivity contribution in [2.24, 2.45) is 11.7 Å². The number of thiophene rings is 1. The van der Waals surface area contributed by atoms with E-state index in [1.165, 1.54) is 11.3 Å². The minimum absolute atomic E-state index is 0.0864.